The van der Waals surface area contributed by atoms with Gasteiger partial charge in [-0.25, -0.2) is 0 Å². The third-order valence-electron chi connectivity index (χ3n) is 6.84. The highest BCUT2D eigenvalue weighted by molar-refractivity contribution is 5.04. The number of nitrogens with one attached hydrogen (secondary N) is 1. The van der Waals surface area contributed by atoms with Crippen molar-refractivity contribution in [2.75, 3.05) is 19.6 Å². The Labute approximate surface area is 117 Å². The Morgan fingerprint density at radius 3 is 1.95 bits per heavy atom. The summed E-state index contributed by atoms with van der Waals surface area (Å²) in [5.74, 6) is 2.91. The van der Waals surface area contributed by atoms with E-state index >= 15 is 0 Å². The van der Waals surface area contributed by atoms with Crippen LogP contribution in [-0.2, 0) is 0 Å². The van der Waals surface area contributed by atoms with Gasteiger partial charge in [0.1, 0.15) is 12.6 Å². The molecule has 0 aromatic rings. The summed E-state index contributed by atoms with van der Waals surface area (Å²) in [6.07, 6.45) is 12.7. The molecule has 1 heterocycles. The molecule has 5 fully saturated rings. The van der Waals surface area contributed by atoms with Crippen molar-refractivity contribution in [2.24, 2.45) is 23.2 Å². The maximum Gasteiger partial charge on any atom is 0.108 e. The van der Waals surface area contributed by atoms with Gasteiger partial charge in [-0.05, 0) is 75.5 Å². The number of hydrogen-bond donors (Lipinski definition) is 2. The first-order chi connectivity index (χ1) is 9.23. The highest BCUT2D eigenvalue weighted by atomic mass is 16.3. The molecule has 4 bridgehead atoms. The Bertz CT molecular complexity index is 299. The number of aliphatic hydroxyl groups is 1. The van der Waals surface area contributed by atoms with Gasteiger partial charge in [0.25, 0.3) is 0 Å². The molecular weight excluding hydrogens is 234 g/mol. The average Bonchev–Trinajstić information content (AvgIpc) is 2.38. The Morgan fingerprint density at radius 2 is 1.42 bits per heavy atom. The van der Waals surface area contributed by atoms with E-state index in [1.807, 2.05) is 0 Å². The summed E-state index contributed by atoms with van der Waals surface area (Å²) in [7, 11) is 0. The van der Waals surface area contributed by atoms with E-state index in [4.69, 9.17) is 0 Å². The molecule has 0 amide bonds. The minimum Gasteiger partial charge on any atom is -0.387 e. The first-order valence-corrected chi connectivity index (χ1v) is 8.75. The van der Waals surface area contributed by atoms with Crippen molar-refractivity contribution in [2.45, 2.75) is 63.9 Å². The van der Waals surface area contributed by atoms with E-state index in [-0.39, 0.29) is 6.10 Å². The van der Waals surface area contributed by atoms with Crippen molar-refractivity contribution in [3.8, 4) is 0 Å². The lowest BCUT2D eigenvalue weighted by molar-refractivity contribution is -0.909. The number of quaternary nitrogens is 1. The maximum atomic E-state index is 10.9. The summed E-state index contributed by atoms with van der Waals surface area (Å²) >= 11 is 0. The summed E-state index contributed by atoms with van der Waals surface area (Å²) in [4.78, 5) is 1.69. The van der Waals surface area contributed by atoms with Gasteiger partial charge in [0.2, 0.25) is 0 Å². The zero-order valence-electron chi connectivity index (χ0n) is 12.2. The zero-order chi connectivity index (χ0) is 12.9. The molecule has 0 unspecified atom stereocenters. The van der Waals surface area contributed by atoms with Gasteiger partial charge in [-0.15, -0.1) is 0 Å². The third-order valence-corrected chi connectivity index (χ3v) is 6.84. The summed E-state index contributed by atoms with van der Waals surface area (Å²) in [5.41, 5.74) is 0.346. The lowest BCUT2D eigenvalue weighted by Crippen LogP contribution is -3.14. The maximum absolute atomic E-state index is 10.9. The van der Waals surface area contributed by atoms with Crippen LogP contribution in [0, 0.1) is 23.2 Å². The number of aliphatic hydroxyl groups excluding tert-OH is 1. The van der Waals surface area contributed by atoms with E-state index in [0.717, 1.165) is 24.3 Å². The number of piperidine rings is 1. The molecule has 5 aliphatic rings. The predicted molar refractivity (Wildman–Crippen MR) is 76.0 cm³/mol. The highest BCUT2D eigenvalue weighted by Crippen LogP contribution is 2.61. The third kappa shape index (κ3) is 2.25. The van der Waals surface area contributed by atoms with E-state index < -0.39 is 0 Å². The van der Waals surface area contributed by atoms with Gasteiger partial charge in [-0.2, -0.15) is 0 Å². The predicted octanol–water partition coefficient (Wildman–Crippen LogP) is 1.63. The fourth-order valence-electron chi connectivity index (χ4n) is 6.33. The fourth-order valence-corrected chi connectivity index (χ4v) is 6.33. The van der Waals surface area contributed by atoms with Crippen molar-refractivity contribution in [1.82, 2.24) is 0 Å². The number of hydrogen-bond acceptors (Lipinski definition) is 1. The van der Waals surface area contributed by atoms with E-state index in [1.54, 1.807) is 4.90 Å². The molecule has 4 saturated carbocycles. The molecule has 2 nitrogen and oxygen atoms in total. The summed E-state index contributed by atoms with van der Waals surface area (Å²) in [6.45, 7) is 3.67. The summed E-state index contributed by atoms with van der Waals surface area (Å²) < 4.78 is 0. The Morgan fingerprint density at radius 1 is 0.895 bits per heavy atom. The van der Waals surface area contributed by atoms with Gasteiger partial charge in [0.05, 0.1) is 13.1 Å². The lowest BCUT2D eigenvalue weighted by Gasteiger charge is -2.58. The second-order valence-corrected chi connectivity index (χ2v) is 8.31. The molecule has 4 aliphatic carbocycles. The van der Waals surface area contributed by atoms with Crippen LogP contribution in [-0.4, -0.2) is 30.8 Å². The van der Waals surface area contributed by atoms with Crippen molar-refractivity contribution in [1.29, 1.82) is 0 Å². The quantitative estimate of drug-likeness (QED) is 0.796. The van der Waals surface area contributed by atoms with E-state index in [9.17, 15) is 5.11 Å². The Hall–Kier alpha value is -0.0800. The van der Waals surface area contributed by atoms with Gasteiger partial charge in [-0.3, -0.25) is 0 Å². The monoisotopic (exact) mass is 264 g/mol. The molecule has 0 radical (unpaired) electrons. The molecule has 1 aliphatic heterocycles. The van der Waals surface area contributed by atoms with Crippen LogP contribution in [0.15, 0.2) is 0 Å². The molecule has 2 N–H and O–H groups in total. The van der Waals surface area contributed by atoms with E-state index in [0.29, 0.717) is 5.41 Å². The molecule has 0 spiro atoms. The van der Waals surface area contributed by atoms with Gasteiger partial charge in [0, 0.05) is 5.41 Å². The Balaban J connectivity index is 1.45. The molecule has 108 valence electrons. The highest BCUT2D eigenvalue weighted by Gasteiger charge is 2.54. The molecule has 1 atom stereocenters. The van der Waals surface area contributed by atoms with Crippen LogP contribution in [0.5, 0.6) is 0 Å². The zero-order valence-corrected chi connectivity index (χ0v) is 12.2. The number of likely N-dealkylation sites (tertiary alicyclic amines) is 1. The van der Waals surface area contributed by atoms with Crippen LogP contribution >= 0.6 is 0 Å². The topological polar surface area (TPSA) is 24.7 Å². The summed E-state index contributed by atoms with van der Waals surface area (Å²) in [5, 5.41) is 10.9. The first kappa shape index (κ1) is 12.6. The Kier molecular flexibility index (Phi) is 3.15. The lowest BCUT2D eigenvalue weighted by atomic mass is 9.48. The van der Waals surface area contributed by atoms with E-state index in [2.05, 4.69) is 0 Å². The van der Waals surface area contributed by atoms with Crippen molar-refractivity contribution in [3.63, 3.8) is 0 Å². The second kappa shape index (κ2) is 4.73. The van der Waals surface area contributed by atoms with Crippen LogP contribution in [0.25, 0.3) is 0 Å². The van der Waals surface area contributed by atoms with Gasteiger partial charge >= 0.3 is 0 Å². The van der Waals surface area contributed by atoms with Crippen molar-refractivity contribution < 1.29 is 10.0 Å². The van der Waals surface area contributed by atoms with Crippen LogP contribution in [0.4, 0.5) is 0 Å². The van der Waals surface area contributed by atoms with E-state index in [1.165, 1.54) is 70.9 Å². The summed E-state index contributed by atoms with van der Waals surface area (Å²) in [6, 6.07) is 0. The minimum absolute atomic E-state index is 0.00556. The van der Waals surface area contributed by atoms with Crippen LogP contribution in [0.1, 0.15) is 57.8 Å². The SMILES string of the molecule is O[C@@H](C[NH+]1CCCCC1)C12CC3CC(CC(C3)C1)C2. The minimum atomic E-state index is -0.00556. The molecular formula is C17H30NO+. The second-order valence-electron chi connectivity index (χ2n) is 8.31. The smallest absolute Gasteiger partial charge is 0.108 e. The first-order valence-electron chi connectivity index (χ1n) is 8.75. The largest absolute Gasteiger partial charge is 0.387 e. The van der Waals surface area contributed by atoms with Gasteiger partial charge in [0.15, 0.2) is 0 Å². The molecule has 5 rings (SSSR count). The molecule has 0 aromatic carbocycles. The molecule has 1 saturated heterocycles. The van der Waals surface area contributed by atoms with Gasteiger partial charge < -0.3 is 10.0 Å². The van der Waals surface area contributed by atoms with Crippen molar-refractivity contribution in [3.05, 3.63) is 0 Å². The molecule has 2 heteroatoms. The molecule has 19 heavy (non-hydrogen) atoms. The normalized spacial score (nSPS) is 47.5. The number of rotatable bonds is 3. The average molecular weight is 264 g/mol. The molecule has 0 aromatic heterocycles. The fraction of sp³-hybridized carbons (Fsp3) is 1.00. The van der Waals surface area contributed by atoms with Crippen molar-refractivity contribution >= 4 is 0 Å². The van der Waals surface area contributed by atoms with Gasteiger partial charge in [-0.1, -0.05) is 0 Å². The van der Waals surface area contributed by atoms with Crippen LogP contribution in [0.3, 0.4) is 0 Å². The van der Waals surface area contributed by atoms with Crippen LogP contribution < -0.4 is 4.90 Å². The van der Waals surface area contributed by atoms with Crippen LogP contribution in [0.2, 0.25) is 0 Å². The standard InChI is InChI=1S/C17H29NO/c19-16(12-18-4-2-1-3-5-18)17-9-13-6-14(10-17)8-15(7-13)11-17/h13-16,19H,1-12H2/p+1/t13?,14?,15?,16-,17?/m0/s1.